The third-order valence-electron chi connectivity index (χ3n) is 4.52. The Morgan fingerprint density at radius 3 is 1.82 bits per heavy atom. The van der Waals surface area contributed by atoms with Gasteiger partial charge in [-0.15, -0.1) is 0 Å². The van der Waals surface area contributed by atoms with E-state index in [1.807, 2.05) is 50.2 Å². The third kappa shape index (κ3) is 3.51. The first-order chi connectivity index (χ1) is 13.5. The minimum Gasteiger partial charge on any atom is -0.452 e. The van der Waals surface area contributed by atoms with Crippen molar-refractivity contribution in [3.8, 4) is 5.75 Å². The molecule has 3 aromatic rings. The normalized spacial score (nSPS) is 13.5. The molecule has 0 heterocycles. The number of Topliss-reactive ketones (excluding diaryl/α,β-unsaturated/α-hetero) is 2. The maximum Gasteiger partial charge on any atom is 0.230 e. The molecule has 0 saturated heterocycles. The summed E-state index contributed by atoms with van der Waals surface area (Å²) >= 11 is 1.26. The molecule has 0 amide bonds. The highest BCUT2D eigenvalue weighted by molar-refractivity contribution is 8.04. The molecule has 28 heavy (non-hydrogen) atoms. The summed E-state index contributed by atoms with van der Waals surface area (Å²) in [5.41, 5.74) is 3.01. The van der Waals surface area contributed by atoms with Crippen molar-refractivity contribution in [1.29, 1.82) is 0 Å². The molecule has 138 valence electrons. The van der Waals surface area contributed by atoms with E-state index in [9.17, 15) is 9.59 Å². The van der Waals surface area contributed by atoms with E-state index in [0.717, 1.165) is 16.0 Å². The molecule has 0 aromatic heterocycles. The van der Waals surface area contributed by atoms with Gasteiger partial charge in [-0.05, 0) is 38.1 Å². The number of ketones is 2. The minimum atomic E-state index is -0.273. The number of allylic oxidation sites excluding steroid dienone is 2. The molecule has 0 spiro atoms. The molecule has 0 unspecified atom stereocenters. The van der Waals surface area contributed by atoms with E-state index in [1.165, 1.54) is 11.8 Å². The molecule has 3 aromatic carbocycles. The Bertz CT molecular complexity index is 1000. The average Bonchev–Trinajstić information content (AvgIpc) is 2.71. The molecule has 4 rings (SSSR count). The molecule has 0 atom stereocenters. The highest BCUT2D eigenvalue weighted by Gasteiger charge is 2.34. The SMILES string of the molecule is Cc1ccc(OC2=C(Sc3ccc(C)cc3)C(=O)c3ccccc3C2=O)cc1. The van der Waals surface area contributed by atoms with Crippen molar-refractivity contribution >= 4 is 23.3 Å². The Hall–Kier alpha value is -3.11. The first-order valence-electron chi connectivity index (χ1n) is 8.94. The highest BCUT2D eigenvalue weighted by atomic mass is 32.2. The maximum atomic E-state index is 13.2. The molecule has 4 heteroatoms. The van der Waals surface area contributed by atoms with Crippen LogP contribution in [0.2, 0.25) is 0 Å². The van der Waals surface area contributed by atoms with Gasteiger partial charge in [0.15, 0.2) is 5.76 Å². The van der Waals surface area contributed by atoms with Crippen LogP contribution in [0, 0.1) is 13.8 Å². The summed E-state index contributed by atoms with van der Waals surface area (Å²) < 4.78 is 5.95. The zero-order valence-corrected chi connectivity index (χ0v) is 16.4. The van der Waals surface area contributed by atoms with Gasteiger partial charge in [-0.3, -0.25) is 9.59 Å². The standard InChI is InChI=1S/C24H18O3S/c1-15-7-11-17(12-8-15)27-23-21(25)19-5-3-4-6-20(19)22(26)24(23)28-18-13-9-16(2)10-14-18/h3-14H,1-2H3. The number of carbonyl (C=O) groups excluding carboxylic acids is 2. The second kappa shape index (κ2) is 7.49. The van der Waals surface area contributed by atoms with Crippen LogP contribution in [0.15, 0.2) is 88.4 Å². The number of benzene rings is 3. The van der Waals surface area contributed by atoms with Gasteiger partial charge in [0.05, 0.1) is 0 Å². The van der Waals surface area contributed by atoms with Crippen molar-refractivity contribution in [1.82, 2.24) is 0 Å². The summed E-state index contributed by atoms with van der Waals surface area (Å²) in [5.74, 6) is 0.148. The molecule has 0 radical (unpaired) electrons. The monoisotopic (exact) mass is 386 g/mol. The summed E-state index contributed by atoms with van der Waals surface area (Å²) in [6, 6.07) is 22.1. The first kappa shape index (κ1) is 18.3. The Labute approximate surface area is 168 Å². The summed E-state index contributed by atoms with van der Waals surface area (Å²) in [4.78, 5) is 27.5. The fourth-order valence-electron chi connectivity index (χ4n) is 2.96. The van der Waals surface area contributed by atoms with Crippen LogP contribution in [0.5, 0.6) is 5.75 Å². The summed E-state index contributed by atoms with van der Waals surface area (Å²) in [7, 11) is 0. The van der Waals surface area contributed by atoms with Gasteiger partial charge in [0.2, 0.25) is 11.6 Å². The van der Waals surface area contributed by atoms with Crippen molar-refractivity contribution in [2.45, 2.75) is 18.7 Å². The molecule has 0 saturated carbocycles. The fraction of sp³-hybridized carbons (Fsp3) is 0.0833. The number of rotatable bonds is 4. The molecule has 0 N–H and O–H groups in total. The van der Waals surface area contributed by atoms with E-state index in [-0.39, 0.29) is 17.3 Å². The second-order valence-corrected chi connectivity index (χ2v) is 7.78. The number of hydrogen-bond acceptors (Lipinski definition) is 4. The largest absolute Gasteiger partial charge is 0.452 e. The van der Waals surface area contributed by atoms with Crippen LogP contribution in [-0.2, 0) is 0 Å². The topological polar surface area (TPSA) is 43.4 Å². The van der Waals surface area contributed by atoms with Crippen LogP contribution < -0.4 is 4.74 Å². The zero-order valence-electron chi connectivity index (χ0n) is 15.6. The van der Waals surface area contributed by atoms with Crippen LogP contribution in [0.1, 0.15) is 31.8 Å². The molecule has 0 fully saturated rings. The van der Waals surface area contributed by atoms with E-state index in [4.69, 9.17) is 4.74 Å². The fourth-order valence-corrected chi connectivity index (χ4v) is 3.90. The quantitative estimate of drug-likeness (QED) is 0.571. The van der Waals surface area contributed by atoms with Crippen molar-refractivity contribution in [3.63, 3.8) is 0 Å². The minimum absolute atomic E-state index is 0.0816. The van der Waals surface area contributed by atoms with Crippen LogP contribution in [-0.4, -0.2) is 11.6 Å². The van der Waals surface area contributed by atoms with E-state index in [0.29, 0.717) is 21.8 Å². The van der Waals surface area contributed by atoms with Gasteiger partial charge < -0.3 is 4.74 Å². The lowest BCUT2D eigenvalue weighted by molar-refractivity contribution is 0.0944. The van der Waals surface area contributed by atoms with Crippen LogP contribution in [0.25, 0.3) is 0 Å². The Balaban J connectivity index is 1.80. The van der Waals surface area contributed by atoms with E-state index in [1.54, 1.807) is 36.4 Å². The lowest BCUT2D eigenvalue weighted by Crippen LogP contribution is -2.23. The van der Waals surface area contributed by atoms with Gasteiger partial charge >= 0.3 is 0 Å². The summed E-state index contributed by atoms with van der Waals surface area (Å²) in [6.45, 7) is 3.98. The second-order valence-electron chi connectivity index (χ2n) is 6.69. The van der Waals surface area contributed by atoms with Crippen molar-refractivity contribution in [3.05, 3.63) is 106 Å². The molecule has 1 aliphatic carbocycles. The number of thioether (sulfide) groups is 1. The van der Waals surface area contributed by atoms with Gasteiger partial charge in [-0.2, -0.15) is 0 Å². The summed E-state index contributed by atoms with van der Waals surface area (Å²) in [6.07, 6.45) is 0. The number of ether oxygens (including phenoxy) is 1. The highest BCUT2D eigenvalue weighted by Crippen LogP contribution is 2.38. The molecular weight excluding hydrogens is 368 g/mol. The maximum absolute atomic E-state index is 13.2. The van der Waals surface area contributed by atoms with Gasteiger partial charge in [0, 0.05) is 16.0 Å². The molecule has 0 aliphatic heterocycles. The first-order valence-corrected chi connectivity index (χ1v) is 9.76. The van der Waals surface area contributed by atoms with Crippen LogP contribution >= 0.6 is 11.8 Å². The Kier molecular flexibility index (Phi) is 4.88. The number of carbonyl (C=O) groups is 2. The van der Waals surface area contributed by atoms with E-state index in [2.05, 4.69) is 0 Å². The van der Waals surface area contributed by atoms with Gasteiger partial charge in [0.25, 0.3) is 0 Å². The van der Waals surface area contributed by atoms with Gasteiger partial charge in [-0.1, -0.05) is 71.4 Å². The van der Waals surface area contributed by atoms with Crippen molar-refractivity contribution in [2.75, 3.05) is 0 Å². The number of hydrogen-bond donors (Lipinski definition) is 0. The van der Waals surface area contributed by atoms with Crippen molar-refractivity contribution < 1.29 is 14.3 Å². The number of fused-ring (bicyclic) bond motifs is 1. The van der Waals surface area contributed by atoms with Crippen LogP contribution in [0.4, 0.5) is 0 Å². The predicted molar refractivity (Wildman–Crippen MR) is 111 cm³/mol. The number of aryl methyl sites for hydroxylation is 2. The van der Waals surface area contributed by atoms with Gasteiger partial charge in [0.1, 0.15) is 10.7 Å². The predicted octanol–water partition coefficient (Wildman–Crippen LogP) is 5.77. The lowest BCUT2D eigenvalue weighted by Gasteiger charge is -2.20. The van der Waals surface area contributed by atoms with Crippen molar-refractivity contribution in [2.24, 2.45) is 0 Å². The van der Waals surface area contributed by atoms with E-state index < -0.39 is 0 Å². The zero-order chi connectivity index (χ0) is 19.7. The molecular formula is C24H18O3S. The summed E-state index contributed by atoms with van der Waals surface area (Å²) in [5, 5.41) is 0. The average molecular weight is 386 g/mol. The van der Waals surface area contributed by atoms with Crippen LogP contribution in [0.3, 0.4) is 0 Å². The molecule has 3 nitrogen and oxygen atoms in total. The Morgan fingerprint density at radius 2 is 1.21 bits per heavy atom. The lowest BCUT2D eigenvalue weighted by atomic mass is 9.93. The molecule has 1 aliphatic rings. The molecule has 0 bridgehead atoms. The van der Waals surface area contributed by atoms with E-state index >= 15 is 0 Å². The third-order valence-corrected chi connectivity index (χ3v) is 5.60. The Morgan fingerprint density at radius 1 is 0.679 bits per heavy atom. The smallest absolute Gasteiger partial charge is 0.230 e. The van der Waals surface area contributed by atoms with Gasteiger partial charge in [-0.25, -0.2) is 0 Å².